The minimum Gasteiger partial charge on any atom is -0.465 e. The SMILES string of the molecule is CC(O)CCO.CC(O)Oc1ccccc1.OCC(O)CO. The molecule has 0 radical (unpaired) electrons. The van der Waals surface area contributed by atoms with E-state index in [9.17, 15) is 0 Å². The molecule has 6 N–H and O–H groups in total. The summed E-state index contributed by atoms with van der Waals surface area (Å²) in [6.45, 7) is 2.58. The second-order valence-electron chi connectivity index (χ2n) is 4.41. The number of ether oxygens (including phenoxy) is 1. The fraction of sp³-hybridized carbons (Fsp3) is 0.600. The first kappa shape index (κ1) is 23.1. The lowest BCUT2D eigenvalue weighted by Crippen LogP contribution is -2.15. The first-order valence-electron chi connectivity index (χ1n) is 6.95. The second kappa shape index (κ2) is 16.2. The summed E-state index contributed by atoms with van der Waals surface area (Å²) in [5.74, 6) is 0.692. The van der Waals surface area contributed by atoms with Gasteiger partial charge in [-0.1, -0.05) is 18.2 Å². The normalized spacial score (nSPS) is 12.4. The molecule has 2 atom stereocenters. The Labute approximate surface area is 131 Å². The quantitative estimate of drug-likeness (QED) is 0.389. The molecule has 1 rings (SSSR count). The summed E-state index contributed by atoms with van der Waals surface area (Å²) in [5, 5.41) is 49.3. The molecule has 0 amide bonds. The molecule has 0 aliphatic carbocycles. The van der Waals surface area contributed by atoms with E-state index in [0.29, 0.717) is 12.2 Å². The average molecular weight is 320 g/mol. The van der Waals surface area contributed by atoms with Crippen molar-refractivity contribution in [2.45, 2.75) is 38.8 Å². The third kappa shape index (κ3) is 18.8. The maximum absolute atomic E-state index is 8.78. The van der Waals surface area contributed by atoms with Gasteiger partial charge in [0.15, 0.2) is 6.29 Å². The summed E-state index contributed by atoms with van der Waals surface area (Å²) in [6.07, 6.45) is -1.55. The van der Waals surface area contributed by atoms with Gasteiger partial charge in [0.1, 0.15) is 11.9 Å². The van der Waals surface area contributed by atoms with Gasteiger partial charge in [-0.25, -0.2) is 0 Å². The molecule has 0 aliphatic heterocycles. The van der Waals surface area contributed by atoms with Gasteiger partial charge in [0, 0.05) is 6.61 Å². The van der Waals surface area contributed by atoms with E-state index in [1.807, 2.05) is 18.2 Å². The summed E-state index contributed by atoms with van der Waals surface area (Å²) >= 11 is 0. The molecule has 0 aromatic heterocycles. The minimum absolute atomic E-state index is 0.0810. The van der Waals surface area contributed by atoms with Crippen LogP contribution in [0.5, 0.6) is 5.75 Å². The topological polar surface area (TPSA) is 131 Å². The number of benzene rings is 1. The lowest BCUT2D eigenvalue weighted by molar-refractivity contribution is -0.000292. The zero-order valence-electron chi connectivity index (χ0n) is 13.0. The van der Waals surface area contributed by atoms with E-state index in [1.54, 1.807) is 26.0 Å². The van der Waals surface area contributed by atoms with Gasteiger partial charge in [-0.3, -0.25) is 0 Å². The summed E-state index contributed by atoms with van der Waals surface area (Å²) in [4.78, 5) is 0. The maximum Gasteiger partial charge on any atom is 0.194 e. The summed E-state index contributed by atoms with van der Waals surface area (Å²) in [7, 11) is 0. The van der Waals surface area contributed by atoms with Crippen molar-refractivity contribution in [3.8, 4) is 5.75 Å². The van der Waals surface area contributed by atoms with Crippen LogP contribution in [-0.2, 0) is 0 Å². The highest BCUT2D eigenvalue weighted by molar-refractivity contribution is 5.20. The van der Waals surface area contributed by atoms with Crippen molar-refractivity contribution in [1.29, 1.82) is 0 Å². The third-order valence-electron chi connectivity index (χ3n) is 2.02. The second-order valence-corrected chi connectivity index (χ2v) is 4.41. The molecule has 22 heavy (non-hydrogen) atoms. The Morgan fingerprint density at radius 3 is 1.64 bits per heavy atom. The van der Waals surface area contributed by atoms with Crippen molar-refractivity contribution >= 4 is 0 Å². The van der Waals surface area contributed by atoms with Crippen LogP contribution in [0.25, 0.3) is 0 Å². The smallest absolute Gasteiger partial charge is 0.194 e. The van der Waals surface area contributed by atoms with Gasteiger partial charge < -0.3 is 35.4 Å². The fourth-order valence-corrected chi connectivity index (χ4v) is 0.941. The van der Waals surface area contributed by atoms with E-state index in [0.717, 1.165) is 0 Å². The van der Waals surface area contributed by atoms with Crippen LogP contribution in [0.3, 0.4) is 0 Å². The van der Waals surface area contributed by atoms with E-state index < -0.39 is 12.4 Å². The number of aliphatic hydroxyl groups is 6. The van der Waals surface area contributed by atoms with Crippen LogP contribution in [0.15, 0.2) is 30.3 Å². The van der Waals surface area contributed by atoms with E-state index in [2.05, 4.69) is 0 Å². The predicted octanol–water partition coefficient (Wildman–Crippen LogP) is -0.515. The summed E-state index contributed by atoms with van der Waals surface area (Å²) in [5.41, 5.74) is 0. The van der Waals surface area contributed by atoms with Crippen molar-refractivity contribution in [2.24, 2.45) is 0 Å². The predicted molar refractivity (Wildman–Crippen MR) is 82.3 cm³/mol. The Kier molecular flexibility index (Phi) is 16.9. The molecule has 0 fully saturated rings. The number of rotatable bonds is 6. The van der Waals surface area contributed by atoms with Gasteiger partial charge in [0.25, 0.3) is 0 Å². The van der Waals surface area contributed by atoms with E-state index in [4.69, 9.17) is 35.4 Å². The highest BCUT2D eigenvalue weighted by atomic mass is 16.6. The van der Waals surface area contributed by atoms with Gasteiger partial charge >= 0.3 is 0 Å². The average Bonchev–Trinajstić information content (AvgIpc) is 2.48. The first-order valence-corrected chi connectivity index (χ1v) is 6.95. The van der Waals surface area contributed by atoms with Crippen LogP contribution in [0.2, 0.25) is 0 Å². The van der Waals surface area contributed by atoms with Gasteiger partial charge in [0.2, 0.25) is 0 Å². The van der Waals surface area contributed by atoms with Gasteiger partial charge in [-0.2, -0.15) is 0 Å². The Morgan fingerprint density at radius 2 is 1.41 bits per heavy atom. The molecule has 7 nitrogen and oxygen atoms in total. The van der Waals surface area contributed by atoms with E-state index >= 15 is 0 Å². The summed E-state index contributed by atoms with van der Waals surface area (Å²) in [6, 6.07) is 9.21. The molecule has 7 heteroatoms. The van der Waals surface area contributed by atoms with Crippen LogP contribution in [0, 0.1) is 0 Å². The molecule has 0 saturated carbocycles. The molecule has 0 aliphatic rings. The summed E-state index contributed by atoms with van der Waals surface area (Å²) < 4.78 is 4.97. The van der Waals surface area contributed by atoms with E-state index in [-0.39, 0.29) is 25.9 Å². The highest BCUT2D eigenvalue weighted by Crippen LogP contribution is 2.09. The van der Waals surface area contributed by atoms with Crippen molar-refractivity contribution in [3.05, 3.63) is 30.3 Å². The Balaban J connectivity index is 0. The zero-order valence-corrected chi connectivity index (χ0v) is 13.0. The molecular formula is C15H28O7. The Hall–Kier alpha value is -1.22. The van der Waals surface area contributed by atoms with Crippen molar-refractivity contribution in [2.75, 3.05) is 19.8 Å². The lowest BCUT2D eigenvalue weighted by atomic mass is 10.3. The largest absolute Gasteiger partial charge is 0.465 e. The highest BCUT2D eigenvalue weighted by Gasteiger charge is 1.94. The third-order valence-corrected chi connectivity index (χ3v) is 2.02. The molecule has 1 aromatic rings. The molecule has 0 heterocycles. The lowest BCUT2D eigenvalue weighted by Gasteiger charge is -2.06. The molecule has 0 saturated heterocycles. The van der Waals surface area contributed by atoms with E-state index in [1.165, 1.54) is 0 Å². The van der Waals surface area contributed by atoms with Crippen LogP contribution in [0.1, 0.15) is 20.3 Å². The Morgan fingerprint density at radius 1 is 0.909 bits per heavy atom. The van der Waals surface area contributed by atoms with Crippen molar-refractivity contribution < 1.29 is 35.4 Å². The molecule has 0 bridgehead atoms. The molecule has 130 valence electrons. The van der Waals surface area contributed by atoms with Crippen LogP contribution < -0.4 is 4.74 Å². The van der Waals surface area contributed by atoms with Crippen molar-refractivity contribution in [3.63, 3.8) is 0 Å². The number of para-hydroxylation sites is 1. The fourth-order valence-electron chi connectivity index (χ4n) is 0.941. The zero-order chi connectivity index (χ0) is 17.4. The van der Waals surface area contributed by atoms with Gasteiger partial charge in [0.05, 0.1) is 19.3 Å². The molecule has 0 spiro atoms. The van der Waals surface area contributed by atoms with Crippen LogP contribution >= 0.6 is 0 Å². The monoisotopic (exact) mass is 320 g/mol. The molecule has 1 aromatic carbocycles. The Bertz CT molecular complexity index is 313. The standard InChI is InChI=1S/C8H10O2.C4H10O2.C3H8O3/c1-7(9)10-8-5-3-2-4-6-8;1-4(6)2-3-5;4-1-3(6)2-5/h2-7,9H,1H3;4-6H,2-3H2,1H3;3-6H,1-2H2. The van der Waals surface area contributed by atoms with Crippen LogP contribution in [0.4, 0.5) is 0 Å². The maximum atomic E-state index is 8.78. The number of hydrogen-bond acceptors (Lipinski definition) is 7. The number of aliphatic hydroxyl groups excluding tert-OH is 6. The minimum atomic E-state index is -0.954. The molecular weight excluding hydrogens is 292 g/mol. The first-order chi connectivity index (χ1) is 10.4. The number of hydrogen-bond donors (Lipinski definition) is 6. The van der Waals surface area contributed by atoms with Crippen molar-refractivity contribution in [1.82, 2.24) is 0 Å². The molecule has 2 unspecified atom stereocenters. The van der Waals surface area contributed by atoms with Crippen LogP contribution in [-0.4, -0.2) is 69.0 Å². The van der Waals surface area contributed by atoms with Gasteiger partial charge in [-0.05, 0) is 32.4 Å². The van der Waals surface area contributed by atoms with Gasteiger partial charge in [-0.15, -0.1) is 0 Å².